The molecular weight excluding hydrogens is 142 g/mol. The zero-order chi connectivity index (χ0) is 7.84. The van der Waals surface area contributed by atoms with Gasteiger partial charge < -0.3 is 5.32 Å². The van der Waals surface area contributed by atoms with Gasteiger partial charge in [-0.1, -0.05) is 24.3 Å². The standard InChI is InChI=1S/C7H9N3O/c8-10-6-4-2-1-3-5(6)9-7(10)11/h1-6H,8H2,(H,9,11). The van der Waals surface area contributed by atoms with Crippen molar-refractivity contribution < 1.29 is 4.79 Å². The third-order valence-electron chi connectivity index (χ3n) is 1.95. The summed E-state index contributed by atoms with van der Waals surface area (Å²) in [6.07, 6.45) is 7.62. The summed E-state index contributed by atoms with van der Waals surface area (Å²) in [5.74, 6) is 5.47. The van der Waals surface area contributed by atoms with Crippen LogP contribution in [0.25, 0.3) is 0 Å². The maximum absolute atomic E-state index is 11.0. The molecule has 2 amide bonds. The van der Waals surface area contributed by atoms with Crippen molar-refractivity contribution in [3.63, 3.8) is 0 Å². The van der Waals surface area contributed by atoms with Crippen molar-refractivity contribution in [2.75, 3.05) is 0 Å². The molecule has 1 aliphatic carbocycles. The number of carbonyl (C=O) groups excluding carboxylic acids is 1. The third-order valence-corrected chi connectivity index (χ3v) is 1.95. The summed E-state index contributed by atoms with van der Waals surface area (Å²) in [7, 11) is 0. The fraction of sp³-hybridized carbons (Fsp3) is 0.286. The van der Waals surface area contributed by atoms with Crippen LogP contribution in [0, 0.1) is 0 Å². The first-order chi connectivity index (χ1) is 5.29. The van der Waals surface area contributed by atoms with Crippen molar-refractivity contribution in [2.45, 2.75) is 12.1 Å². The summed E-state index contributed by atoms with van der Waals surface area (Å²) in [6, 6.07) is -0.166. The molecule has 1 aliphatic heterocycles. The summed E-state index contributed by atoms with van der Waals surface area (Å²) in [5.41, 5.74) is 0. The Morgan fingerprint density at radius 2 is 2.18 bits per heavy atom. The van der Waals surface area contributed by atoms with Crippen LogP contribution in [0.3, 0.4) is 0 Å². The van der Waals surface area contributed by atoms with Crippen LogP contribution >= 0.6 is 0 Å². The number of hydrazine groups is 1. The lowest BCUT2D eigenvalue weighted by Gasteiger charge is -2.18. The van der Waals surface area contributed by atoms with Crippen LogP contribution in [0.4, 0.5) is 4.79 Å². The van der Waals surface area contributed by atoms with E-state index in [9.17, 15) is 4.79 Å². The highest BCUT2D eigenvalue weighted by Crippen LogP contribution is 2.15. The summed E-state index contributed by atoms with van der Waals surface area (Å²) in [4.78, 5) is 11.0. The Balaban J connectivity index is 2.27. The van der Waals surface area contributed by atoms with Gasteiger partial charge in [0.15, 0.2) is 0 Å². The van der Waals surface area contributed by atoms with Crippen molar-refractivity contribution in [3.05, 3.63) is 24.3 Å². The molecule has 0 aromatic heterocycles. The van der Waals surface area contributed by atoms with Crippen molar-refractivity contribution in [2.24, 2.45) is 5.84 Å². The van der Waals surface area contributed by atoms with Crippen molar-refractivity contribution in [1.82, 2.24) is 10.3 Å². The molecule has 3 N–H and O–H groups in total. The van der Waals surface area contributed by atoms with Crippen LogP contribution in [-0.4, -0.2) is 23.1 Å². The van der Waals surface area contributed by atoms with Gasteiger partial charge in [-0.2, -0.15) is 0 Å². The maximum Gasteiger partial charge on any atom is 0.332 e. The number of allylic oxidation sites excluding steroid dienone is 2. The Morgan fingerprint density at radius 3 is 2.91 bits per heavy atom. The molecule has 1 heterocycles. The number of hydrogen-bond acceptors (Lipinski definition) is 2. The van der Waals surface area contributed by atoms with Gasteiger partial charge in [-0.15, -0.1) is 0 Å². The van der Waals surface area contributed by atoms with E-state index in [0.717, 1.165) is 0 Å². The molecule has 2 unspecified atom stereocenters. The number of rotatable bonds is 0. The Kier molecular flexibility index (Phi) is 1.22. The average Bonchev–Trinajstić information content (AvgIpc) is 2.30. The highest BCUT2D eigenvalue weighted by molar-refractivity contribution is 5.78. The van der Waals surface area contributed by atoms with Crippen LogP contribution in [0.5, 0.6) is 0 Å². The van der Waals surface area contributed by atoms with E-state index in [1.807, 2.05) is 24.3 Å². The topological polar surface area (TPSA) is 58.4 Å². The lowest BCUT2D eigenvalue weighted by molar-refractivity contribution is 0.211. The van der Waals surface area contributed by atoms with Gasteiger partial charge in [0.2, 0.25) is 0 Å². The molecule has 2 atom stereocenters. The van der Waals surface area contributed by atoms with Gasteiger partial charge >= 0.3 is 6.03 Å². The molecule has 4 nitrogen and oxygen atoms in total. The van der Waals surface area contributed by atoms with E-state index < -0.39 is 0 Å². The predicted molar refractivity (Wildman–Crippen MR) is 40.4 cm³/mol. The van der Waals surface area contributed by atoms with Crippen molar-refractivity contribution in [3.8, 4) is 0 Å². The number of nitrogens with one attached hydrogen (secondary N) is 1. The Labute approximate surface area is 64.3 Å². The molecular formula is C7H9N3O. The Hall–Kier alpha value is -1.29. The van der Waals surface area contributed by atoms with Gasteiger partial charge in [-0.25, -0.2) is 10.6 Å². The second-order valence-electron chi connectivity index (χ2n) is 2.64. The molecule has 2 rings (SSSR count). The molecule has 58 valence electrons. The first kappa shape index (κ1) is 6.42. The molecule has 0 aromatic rings. The average molecular weight is 151 g/mol. The third kappa shape index (κ3) is 0.832. The molecule has 0 radical (unpaired) electrons. The SMILES string of the molecule is NN1C(=O)NC2C=CC=CC21. The second-order valence-corrected chi connectivity index (χ2v) is 2.64. The van der Waals surface area contributed by atoms with Crippen LogP contribution in [0.2, 0.25) is 0 Å². The second kappa shape index (κ2) is 2.10. The lowest BCUT2D eigenvalue weighted by Crippen LogP contribution is -2.40. The maximum atomic E-state index is 11.0. The molecule has 11 heavy (non-hydrogen) atoms. The summed E-state index contributed by atoms with van der Waals surface area (Å²) < 4.78 is 0. The molecule has 1 saturated heterocycles. The fourth-order valence-corrected chi connectivity index (χ4v) is 1.35. The van der Waals surface area contributed by atoms with Crippen LogP contribution in [0.15, 0.2) is 24.3 Å². The van der Waals surface area contributed by atoms with Crippen molar-refractivity contribution in [1.29, 1.82) is 0 Å². The molecule has 1 fully saturated rings. The largest absolute Gasteiger partial charge is 0.332 e. The first-order valence-electron chi connectivity index (χ1n) is 3.48. The van der Waals surface area contributed by atoms with Gasteiger partial charge in [-0.3, -0.25) is 5.01 Å². The highest BCUT2D eigenvalue weighted by Gasteiger charge is 2.34. The quantitative estimate of drug-likeness (QED) is 0.370. The lowest BCUT2D eigenvalue weighted by atomic mass is 10.1. The van der Waals surface area contributed by atoms with E-state index in [2.05, 4.69) is 5.32 Å². The van der Waals surface area contributed by atoms with Gasteiger partial charge in [0, 0.05) is 0 Å². The number of nitrogens with zero attached hydrogens (tertiary/aromatic N) is 1. The number of carbonyl (C=O) groups is 1. The minimum absolute atomic E-state index is 0.00694. The predicted octanol–water partition coefficient (Wildman–Crippen LogP) is -0.251. The Morgan fingerprint density at radius 1 is 1.45 bits per heavy atom. The molecule has 2 aliphatic rings. The minimum atomic E-state index is -0.212. The Bertz CT molecular complexity index is 246. The number of hydrogen-bond donors (Lipinski definition) is 2. The van der Waals surface area contributed by atoms with Crippen LogP contribution < -0.4 is 11.2 Å². The zero-order valence-corrected chi connectivity index (χ0v) is 5.90. The molecule has 4 heteroatoms. The van der Waals surface area contributed by atoms with Crippen molar-refractivity contribution >= 4 is 6.03 Å². The van der Waals surface area contributed by atoms with Gasteiger partial charge in [0.25, 0.3) is 0 Å². The molecule has 0 spiro atoms. The van der Waals surface area contributed by atoms with Gasteiger partial charge in [0.05, 0.1) is 12.1 Å². The number of urea groups is 1. The summed E-state index contributed by atoms with van der Waals surface area (Å²) >= 11 is 0. The smallest absolute Gasteiger partial charge is 0.328 e. The monoisotopic (exact) mass is 151 g/mol. The van der Waals surface area contributed by atoms with E-state index in [4.69, 9.17) is 5.84 Å². The molecule has 0 aromatic carbocycles. The summed E-state index contributed by atoms with van der Waals surface area (Å²) in [6.45, 7) is 0. The van der Waals surface area contributed by atoms with E-state index >= 15 is 0 Å². The van der Waals surface area contributed by atoms with E-state index in [1.165, 1.54) is 5.01 Å². The normalized spacial score (nSPS) is 33.9. The summed E-state index contributed by atoms with van der Waals surface area (Å²) in [5, 5.41) is 3.94. The van der Waals surface area contributed by atoms with E-state index in [-0.39, 0.29) is 18.1 Å². The number of amides is 2. The first-order valence-corrected chi connectivity index (χ1v) is 3.48. The van der Waals surface area contributed by atoms with Gasteiger partial charge in [0.1, 0.15) is 0 Å². The molecule has 0 bridgehead atoms. The minimum Gasteiger partial charge on any atom is -0.328 e. The fourth-order valence-electron chi connectivity index (χ4n) is 1.35. The highest BCUT2D eigenvalue weighted by atomic mass is 16.2. The number of nitrogens with two attached hydrogens (primary N) is 1. The van der Waals surface area contributed by atoms with Crippen LogP contribution in [-0.2, 0) is 0 Å². The molecule has 0 saturated carbocycles. The van der Waals surface area contributed by atoms with Gasteiger partial charge in [-0.05, 0) is 0 Å². The van der Waals surface area contributed by atoms with E-state index in [1.54, 1.807) is 0 Å². The zero-order valence-electron chi connectivity index (χ0n) is 5.90. The number of fused-ring (bicyclic) bond motifs is 1. The van der Waals surface area contributed by atoms with Crippen LogP contribution in [0.1, 0.15) is 0 Å². The van der Waals surface area contributed by atoms with E-state index in [0.29, 0.717) is 0 Å².